The minimum absolute atomic E-state index is 0.245. The molecule has 3 heterocycles. The molecule has 4 aromatic rings. The van der Waals surface area contributed by atoms with Gasteiger partial charge in [0.25, 0.3) is 5.56 Å². The molecule has 0 bridgehead atoms. The molecule has 10 heteroatoms. The lowest BCUT2D eigenvalue weighted by molar-refractivity contribution is -0.116. The van der Waals surface area contributed by atoms with Crippen LogP contribution in [0.5, 0.6) is 0 Å². The summed E-state index contributed by atoms with van der Waals surface area (Å²) in [5, 5.41) is 5.48. The smallest absolute Gasteiger partial charge is 0.341 e. The maximum absolute atomic E-state index is 13.4. The van der Waals surface area contributed by atoms with Crippen LogP contribution in [-0.4, -0.2) is 28.0 Å². The van der Waals surface area contributed by atoms with Gasteiger partial charge in [0.2, 0.25) is 5.91 Å². The molecular weight excluding hydrogens is 489 g/mol. The summed E-state index contributed by atoms with van der Waals surface area (Å²) >= 11 is 2.71. The zero-order valence-electron chi connectivity index (χ0n) is 18.9. The molecule has 0 saturated carbocycles. The fourth-order valence-corrected chi connectivity index (χ4v) is 6.52. The number of anilines is 1. The molecule has 0 unspecified atom stereocenters. The number of fused-ring (bicyclic) bond motifs is 2. The lowest BCUT2D eigenvalue weighted by atomic mass is 9.95. The van der Waals surface area contributed by atoms with Crippen LogP contribution >= 0.6 is 22.7 Å². The van der Waals surface area contributed by atoms with Crippen LogP contribution in [0.2, 0.25) is 0 Å². The van der Waals surface area contributed by atoms with Gasteiger partial charge in [-0.05, 0) is 55.9 Å². The Hall–Kier alpha value is -3.37. The van der Waals surface area contributed by atoms with Crippen molar-refractivity contribution in [1.82, 2.24) is 9.55 Å². The van der Waals surface area contributed by atoms with Crippen molar-refractivity contribution in [3.63, 3.8) is 0 Å². The number of nitrogens with zero attached hydrogens (tertiary/aromatic N) is 2. The monoisotopic (exact) mass is 511 g/mol. The summed E-state index contributed by atoms with van der Waals surface area (Å²) in [6.07, 6.45) is 5.02. The van der Waals surface area contributed by atoms with Gasteiger partial charge in [0.05, 0.1) is 23.9 Å². The maximum atomic E-state index is 13.4. The van der Waals surface area contributed by atoms with Crippen molar-refractivity contribution in [3.05, 3.63) is 68.1 Å². The van der Waals surface area contributed by atoms with Crippen molar-refractivity contribution >= 4 is 49.8 Å². The van der Waals surface area contributed by atoms with Crippen molar-refractivity contribution < 1.29 is 18.7 Å². The van der Waals surface area contributed by atoms with Crippen molar-refractivity contribution in [3.8, 4) is 11.1 Å². The standard InChI is InChI=1S/C25H22FN3O4S2/c1-2-33-25(32)21-16-5-3-4-6-18(16)35-23(21)28-19(30)11-29-13-27-22-20(24(29)31)17(12-34-22)14-7-9-15(26)10-8-14/h7-10,12-13H,2-6,11H2,1H3,(H,28,30). The zero-order valence-corrected chi connectivity index (χ0v) is 20.6. The SMILES string of the molecule is CCOC(=O)c1c(NC(=O)Cn2cnc3scc(-c4ccc(F)cc4)c3c2=O)sc2c1CCCC2. The van der Waals surface area contributed by atoms with Crippen molar-refractivity contribution in [2.75, 3.05) is 11.9 Å². The highest BCUT2D eigenvalue weighted by Crippen LogP contribution is 2.38. The van der Waals surface area contributed by atoms with Crippen LogP contribution in [0, 0.1) is 5.82 Å². The molecule has 0 atom stereocenters. The molecular formula is C25H22FN3O4S2. The van der Waals surface area contributed by atoms with Gasteiger partial charge in [0, 0.05) is 15.8 Å². The van der Waals surface area contributed by atoms with E-state index < -0.39 is 11.9 Å². The zero-order chi connectivity index (χ0) is 24.5. The van der Waals surface area contributed by atoms with E-state index in [1.807, 2.05) is 0 Å². The van der Waals surface area contributed by atoms with Gasteiger partial charge in [-0.1, -0.05) is 12.1 Å². The Morgan fingerprint density at radius 1 is 1.20 bits per heavy atom. The van der Waals surface area contributed by atoms with Gasteiger partial charge in [0.1, 0.15) is 22.2 Å². The molecule has 35 heavy (non-hydrogen) atoms. The molecule has 0 radical (unpaired) electrons. The summed E-state index contributed by atoms with van der Waals surface area (Å²) < 4.78 is 19.8. The molecule has 1 amide bonds. The molecule has 1 aromatic carbocycles. The van der Waals surface area contributed by atoms with Gasteiger partial charge < -0.3 is 10.1 Å². The largest absolute Gasteiger partial charge is 0.462 e. The number of amides is 1. The second-order valence-corrected chi connectivity index (χ2v) is 10.2. The number of hydrogen-bond acceptors (Lipinski definition) is 7. The number of aromatic nitrogens is 2. The first-order valence-electron chi connectivity index (χ1n) is 11.3. The van der Waals surface area contributed by atoms with Crippen molar-refractivity contribution in [2.45, 2.75) is 39.2 Å². The highest BCUT2D eigenvalue weighted by Gasteiger charge is 2.27. The Morgan fingerprint density at radius 3 is 2.74 bits per heavy atom. The number of halogens is 1. The van der Waals surface area contributed by atoms with Crippen LogP contribution < -0.4 is 10.9 Å². The van der Waals surface area contributed by atoms with Gasteiger partial charge in [-0.2, -0.15) is 0 Å². The van der Waals surface area contributed by atoms with Crippen LogP contribution in [0.1, 0.15) is 40.6 Å². The van der Waals surface area contributed by atoms with E-state index in [1.54, 1.807) is 24.4 Å². The number of aryl methyl sites for hydroxylation is 1. The lowest BCUT2D eigenvalue weighted by Gasteiger charge is -2.12. The second kappa shape index (κ2) is 9.71. The molecule has 1 aliphatic carbocycles. The summed E-state index contributed by atoms with van der Waals surface area (Å²) in [5.74, 6) is -1.24. The van der Waals surface area contributed by atoms with E-state index in [4.69, 9.17) is 4.74 Å². The van der Waals surface area contributed by atoms with E-state index in [0.717, 1.165) is 36.1 Å². The van der Waals surface area contributed by atoms with E-state index in [2.05, 4.69) is 10.3 Å². The Bertz CT molecular complexity index is 1490. The quantitative estimate of drug-likeness (QED) is 0.367. The number of nitrogens with one attached hydrogen (secondary N) is 1. The Labute approximate surface area is 208 Å². The third kappa shape index (κ3) is 4.51. The normalized spacial score (nSPS) is 13.0. The van der Waals surface area contributed by atoms with E-state index in [0.29, 0.717) is 31.9 Å². The van der Waals surface area contributed by atoms with Gasteiger partial charge in [-0.25, -0.2) is 14.2 Å². The van der Waals surface area contributed by atoms with E-state index in [9.17, 15) is 18.8 Å². The van der Waals surface area contributed by atoms with Crippen LogP contribution in [-0.2, 0) is 28.9 Å². The summed E-state index contributed by atoms with van der Waals surface area (Å²) in [6, 6.07) is 5.89. The van der Waals surface area contributed by atoms with Crippen LogP contribution in [0.4, 0.5) is 9.39 Å². The fraction of sp³-hybridized carbons (Fsp3) is 0.280. The number of hydrogen-bond donors (Lipinski definition) is 1. The predicted octanol–water partition coefficient (Wildman–Crippen LogP) is 5.02. The molecule has 0 saturated heterocycles. The number of thiophene rings is 2. The molecule has 1 aliphatic rings. The first-order chi connectivity index (χ1) is 17.0. The third-order valence-electron chi connectivity index (χ3n) is 5.93. The van der Waals surface area contributed by atoms with Crippen molar-refractivity contribution in [2.24, 2.45) is 0 Å². The highest BCUT2D eigenvalue weighted by atomic mass is 32.1. The number of carbonyl (C=O) groups excluding carboxylic acids is 2. The number of rotatable bonds is 6. The molecule has 1 N–H and O–H groups in total. The Balaban J connectivity index is 1.44. The molecule has 5 rings (SSSR count). The van der Waals surface area contributed by atoms with E-state index in [-0.39, 0.29) is 24.5 Å². The highest BCUT2D eigenvalue weighted by molar-refractivity contribution is 7.17. The first-order valence-corrected chi connectivity index (χ1v) is 13.0. The Kier molecular flexibility index (Phi) is 6.48. The number of benzene rings is 1. The average Bonchev–Trinajstić information content (AvgIpc) is 3.43. The Morgan fingerprint density at radius 2 is 1.97 bits per heavy atom. The summed E-state index contributed by atoms with van der Waals surface area (Å²) in [5.41, 5.74) is 2.37. The number of esters is 1. The second-order valence-electron chi connectivity index (χ2n) is 8.20. The van der Waals surface area contributed by atoms with Gasteiger partial charge in [-0.15, -0.1) is 22.7 Å². The van der Waals surface area contributed by atoms with Crippen LogP contribution in [0.25, 0.3) is 21.3 Å². The minimum atomic E-state index is -0.440. The van der Waals surface area contributed by atoms with Gasteiger partial charge in [-0.3, -0.25) is 14.2 Å². The predicted molar refractivity (Wildman–Crippen MR) is 135 cm³/mol. The molecule has 0 aliphatic heterocycles. The van der Waals surface area contributed by atoms with Crippen molar-refractivity contribution in [1.29, 1.82) is 0 Å². The van der Waals surface area contributed by atoms with Gasteiger partial charge in [0.15, 0.2) is 0 Å². The summed E-state index contributed by atoms with van der Waals surface area (Å²) in [7, 11) is 0. The minimum Gasteiger partial charge on any atom is -0.462 e. The molecule has 3 aromatic heterocycles. The topological polar surface area (TPSA) is 90.3 Å². The number of carbonyl (C=O) groups is 2. The summed E-state index contributed by atoms with van der Waals surface area (Å²) in [4.78, 5) is 44.9. The summed E-state index contributed by atoms with van der Waals surface area (Å²) in [6.45, 7) is 1.73. The number of ether oxygens (including phenoxy) is 1. The first kappa shape index (κ1) is 23.4. The van der Waals surface area contributed by atoms with Crippen LogP contribution in [0.3, 0.4) is 0 Å². The average molecular weight is 512 g/mol. The lowest BCUT2D eigenvalue weighted by Crippen LogP contribution is -2.28. The molecule has 0 fully saturated rings. The molecule has 0 spiro atoms. The van der Waals surface area contributed by atoms with Crippen LogP contribution in [0.15, 0.2) is 40.8 Å². The van der Waals surface area contributed by atoms with E-state index >= 15 is 0 Å². The fourth-order valence-electron chi connectivity index (χ4n) is 4.32. The molecule has 180 valence electrons. The maximum Gasteiger partial charge on any atom is 0.341 e. The van der Waals surface area contributed by atoms with Gasteiger partial charge >= 0.3 is 5.97 Å². The third-order valence-corrected chi connectivity index (χ3v) is 8.03. The van der Waals surface area contributed by atoms with E-state index in [1.165, 1.54) is 45.7 Å². The molecule has 7 nitrogen and oxygen atoms in total.